The van der Waals surface area contributed by atoms with Crippen molar-refractivity contribution in [2.75, 3.05) is 41.8 Å². The van der Waals surface area contributed by atoms with Crippen molar-refractivity contribution in [1.82, 2.24) is 10.3 Å². The first kappa shape index (κ1) is 26.6. The average Bonchev–Trinajstić information content (AvgIpc) is 3.21. The average molecular weight is 513 g/mol. The maximum atomic E-state index is 13.4. The summed E-state index contributed by atoms with van der Waals surface area (Å²) in [5, 5.41) is 19.0. The first-order chi connectivity index (χ1) is 17.6. The number of pyridine rings is 1. The fraction of sp³-hybridized carbons (Fsp3) is 0.481. The Kier molecular flexibility index (Phi) is 8.11. The third-order valence-corrected chi connectivity index (χ3v) is 6.44. The molecular formula is C27H31F3N6O. The van der Waals surface area contributed by atoms with Crippen LogP contribution in [0.2, 0.25) is 0 Å². The van der Waals surface area contributed by atoms with E-state index in [4.69, 9.17) is 4.74 Å². The summed E-state index contributed by atoms with van der Waals surface area (Å²) in [6.07, 6.45) is -1.64. The molecule has 1 unspecified atom stereocenters. The number of aromatic nitrogens is 1. The summed E-state index contributed by atoms with van der Waals surface area (Å²) in [5.41, 5.74) is 2.80. The first-order valence-electron chi connectivity index (χ1n) is 12.3. The molecule has 1 aromatic heterocycles. The van der Waals surface area contributed by atoms with Gasteiger partial charge in [0.05, 0.1) is 47.0 Å². The van der Waals surface area contributed by atoms with E-state index >= 15 is 0 Å². The Labute approximate surface area is 215 Å². The van der Waals surface area contributed by atoms with Gasteiger partial charge in [-0.05, 0) is 56.5 Å². The minimum Gasteiger partial charge on any atom is -0.381 e. The zero-order valence-corrected chi connectivity index (χ0v) is 21.0. The van der Waals surface area contributed by atoms with Crippen molar-refractivity contribution in [2.45, 2.75) is 57.0 Å². The lowest BCUT2D eigenvalue weighted by Crippen LogP contribution is -2.41. The van der Waals surface area contributed by atoms with E-state index in [0.29, 0.717) is 35.3 Å². The van der Waals surface area contributed by atoms with Gasteiger partial charge in [0.2, 0.25) is 0 Å². The topological polar surface area (TPSA) is 85.2 Å². The van der Waals surface area contributed by atoms with Gasteiger partial charge >= 0.3 is 6.18 Å². The largest absolute Gasteiger partial charge is 0.406 e. The predicted octanol–water partition coefficient (Wildman–Crippen LogP) is 4.39. The van der Waals surface area contributed by atoms with Crippen LogP contribution < -0.4 is 20.9 Å². The third-order valence-electron chi connectivity index (χ3n) is 6.44. The maximum absolute atomic E-state index is 13.4. The van der Waals surface area contributed by atoms with Crippen molar-refractivity contribution < 1.29 is 17.9 Å². The Morgan fingerprint density at radius 1 is 1.19 bits per heavy atom. The number of ether oxygens (including phenoxy) is 1. The van der Waals surface area contributed by atoms with Gasteiger partial charge < -0.3 is 25.6 Å². The van der Waals surface area contributed by atoms with Crippen LogP contribution in [0.15, 0.2) is 36.5 Å². The highest BCUT2D eigenvalue weighted by molar-refractivity contribution is 5.78. The molecule has 2 aliphatic heterocycles. The van der Waals surface area contributed by atoms with Crippen LogP contribution >= 0.6 is 0 Å². The molecule has 1 fully saturated rings. The number of hydrogen-bond acceptors (Lipinski definition) is 7. The lowest BCUT2D eigenvalue weighted by Gasteiger charge is -2.24. The summed E-state index contributed by atoms with van der Waals surface area (Å²) in [4.78, 5) is 5.57. The van der Waals surface area contributed by atoms with Gasteiger partial charge in [-0.1, -0.05) is 17.9 Å². The Hall–Kier alpha value is -3.47. The van der Waals surface area contributed by atoms with Crippen molar-refractivity contribution in [3.8, 4) is 17.9 Å². The minimum atomic E-state index is -4.37. The van der Waals surface area contributed by atoms with Crippen LogP contribution in [0, 0.1) is 23.2 Å². The van der Waals surface area contributed by atoms with Crippen LogP contribution in [0.3, 0.4) is 0 Å². The number of nitrogens with zero attached hydrogens (tertiary/aromatic N) is 3. The van der Waals surface area contributed by atoms with Gasteiger partial charge in [-0.2, -0.15) is 18.4 Å². The summed E-state index contributed by atoms with van der Waals surface area (Å²) >= 11 is 0. The summed E-state index contributed by atoms with van der Waals surface area (Å²) in [7, 11) is 0. The van der Waals surface area contributed by atoms with Gasteiger partial charge in [-0.25, -0.2) is 0 Å². The summed E-state index contributed by atoms with van der Waals surface area (Å²) < 4.78 is 45.4. The highest BCUT2D eigenvalue weighted by Gasteiger charge is 2.37. The number of halogens is 3. The fourth-order valence-corrected chi connectivity index (χ4v) is 4.29. The number of nitrogens with one attached hydrogen (secondary N) is 3. The molecule has 0 bridgehead atoms. The molecule has 2 aliphatic rings. The number of rotatable bonds is 7. The molecule has 0 saturated carbocycles. The van der Waals surface area contributed by atoms with Gasteiger partial charge in [-0.15, -0.1) is 0 Å². The van der Waals surface area contributed by atoms with Crippen molar-refractivity contribution in [3.63, 3.8) is 0 Å². The normalized spacial score (nSPS) is 17.8. The van der Waals surface area contributed by atoms with E-state index in [1.54, 1.807) is 38.2 Å². The highest BCUT2D eigenvalue weighted by Crippen LogP contribution is 2.37. The van der Waals surface area contributed by atoms with Gasteiger partial charge in [0, 0.05) is 25.8 Å². The number of fused-ring (bicyclic) bond motifs is 1. The summed E-state index contributed by atoms with van der Waals surface area (Å²) in [6.45, 7) is 4.84. The van der Waals surface area contributed by atoms with Crippen molar-refractivity contribution in [1.29, 1.82) is 5.26 Å². The van der Waals surface area contributed by atoms with Gasteiger partial charge in [0.15, 0.2) is 6.17 Å². The zero-order valence-electron chi connectivity index (χ0n) is 21.0. The van der Waals surface area contributed by atoms with Gasteiger partial charge in [0.25, 0.3) is 0 Å². The number of alkyl halides is 3. The van der Waals surface area contributed by atoms with Crippen LogP contribution in [0.1, 0.15) is 37.9 Å². The molecule has 4 rings (SSSR count). The van der Waals surface area contributed by atoms with Gasteiger partial charge in [-0.3, -0.25) is 4.98 Å². The predicted molar refractivity (Wildman–Crippen MR) is 137 cm³/mol. The van der Waals surface area contributed by atoms with E-state index in [-0.39, 0.29) is 6.54 Å². The monoisotopic (exact) mass is 512 g/mol. The molecule has 0 spiro atoms. The summed E-state index contributed by atoms with van der Waals surface area (Å²) in [6, 6.07) is 11.6. The third kappa shape index (κ3) is 7.06. The Morgan fingerprint density at radius 2 is 1.97 bits per heavy atom. The molecule has 0 radical (unpaired) electrons. The Balaban J connectivity index is 1.40. The second-order valence-corrected chi connectivity index (χ2v) is 9.75. The lowest BCUT2D eigenvalue weighted by molar-refractivity contribution is -0.119. The zero-order chi connectivity index (χ0) is 26.5. The molecule has 3 heterocycles. The number of nitriles is 1. The van der Waals surface area contributed by atoms with Crippen LogP contribution in [0.5, 0.6) is 0 Å². The van der Waals surface area contributed by atoms with E-state index in [9.17, 15) is 18.4 Å². The van der Waals surface area contributed by atoms with E-state index in [1.807, 2.05) is 12.1 Å². The fourth-order valence-electron chi connectivity index (χ4n) is 4.29. The minimum absolute atomic E-state index is 0.233. The van der Waals surface area contributed by atoms with E-state index in [2.05, 4.69) is 38.8 Å². The molecule has 196 valence electrons. The first-order valence-corrected chi connectivity index (χ1v) is 12.3. The Morgan fingerprint density at radius 3 is 2.65 bits per heavy atom. The van der Waals surface area contributed by atoms with Crippen LogP contribution in [0.4, 0.5) is 30.2 Å². The molecule has 0 amide bonds. The Bertz CT molecular complexity index is 1170. The lowest BCUT2D eigenvalue weighted by atomic mass is 9.91. The molecule has 2 aromatic rings. The molecule has 37 heavy (non-hydrogen) atoms. The molecule has 0 aliphatic carbocycles. The molecule has 1 saturated heterocycles. The molecular weight excluding hydrogens is 481 g/mol. The molecule has 7 nitrogen and oxygen atoms in total. The van der Waals surface area contributed by atoms with Crippen molar-refractivity contribution in [3.05, 3.63) is 47.8 Å². The smallest absolute Gasteiger partial charge is 0.381 e. The molecule has 10 heteroatoms. The van der Waals surface area contributed by atoms with Gasteiger partial charge in [0.1, 0.15) is 6.54 Å². The van der Waals surface area contributed by atoms with Crippen molar-refractivity contribution >= 4 is 17.1 Å². The standard InChI is InChI=1S/C27H31F3N6O/c1-26(2,17-31)24-8-6-21(16-34-24)32-11-3-4-25-35-22-14-19(15-33-20-9-12-37-13-10-20)5-7-23(22)36(25)18-27(28,29)30/h5-8,14,16,20,25,32-33,35H,9-13,15,18H2,1-2H3. The van der Waals surface area contributed by atoms with Crippen LogP contribution in [-0.4, -0.2) is 49.7 Å². The maximum Gasteiger partial charge on any atom is 0.406 e. The number of benzene rings is 1. The highest BCUT2D eigenvalue weighted by atomic mass is 19.4. The van der Waals surface area contributed by atoms with Crippen molar-refractivity contribution in [2.24, 2.45) is 0 Å². The van der Waals surface area contributed by atoms with E-state index in [1.165, 1.54) is 4.90 Å². The van der Waals surface area contributed by atoms with E-state index in [0.717, 1.165) is 31.6 Å². The second kappa shape index (κ2) is 11.3. The van der Waals surface area contributed by atoms with Crippen LogP contribution in [0.25, 0.3) is 0 Å². The molecule has 1 aromatic carbocycles. The van der Waals surface area contributed by atoms with Crippen LogP contribution in [-0.2, 0) is 16.7 Å². The molecule has 3 N–H and O–H groups in total. The second-order valence-electron chi connectivity index (χ2n) is 9.75. The summed E-state index contributed by atoms with van der Waals surface area (Å²) in [5.74, 6) is 5.86. The van der Waals surface area contributed by atoms with E-state index < -0.39 is 24.3 Å². The molecule has 1 atom stereocenters. The number of anilines is 3. The number of hydrogen-bond donors (Lipinski definition) is 3. The quantitative estimate of drug-likeness (QED) is 0.475. The SMILES string of the molecule is CC(C)(C#N)c1ccc(NCC#CC2Nc3cc(CNC4CCOCC4)ccc3N2CC(F)(F)F)cn1.